The molecule has 1 aromatic rings. The smallest absolute Gasteiger partial charge is 0.342 e. The molecular formula is C23H30N2O7. The maximum Gasteiger partial charge on any atom is 0.342 e. The Morgan fingerprint density at radius 3 is 2.53 bits per heavy atom. The highest BCUT2D eigenvalue weighted by atomic mass is 16.5. The van der Waals surface area contributed by atoms with Crippen molar-refractivity contribution in [1.82, 2.24) is 4.90 Å². The number of rotatable bonds is 3. The quantitative estimate of drug-likeness (QED) is 0.511. The highest BCUT2D eigenvalue weighted by Gasteiger charge is 2.25. The van der Waals surface area contributed by atoms with E-state index in [0.29, 0.717) is 5.69 Å². The molecule has 1 heterocycles. The number of phenolic OH excluding ortho intramolecular Hbond substituents is 1. The number of hydrogen-bond donors (Lipinski definition) is 4. The molecule has 0 saturated heterocycles. The van der Waals surface area contributed by atoms with Crippen LogP contribution in [0.15, 0.2) is 30.4 Å². The Morgan fingerprint density at radius 1 is 1.19 bits per heavy atom. The van der Waals surface area contributed by atoms with Gasteiger partial charge in [0, 0.05) is 31.8 Å². The number of cyclic esters (lactones) is 1. The first-order chi connectivity index (χ1) is 15.0. The zero-order valence-electron chi connectivity index (χ0n) is 18.6. The van der Waals surface area contributed by atoms with Gasteiger partial charge >= 0.3 is 5.97 Å². The molecule has 0 spiro atoms. The van der Waals surface area contributed by atoms with E-state index in [0.717, 1.165) is 6.08 Å². The number of anilines is 1. The average Bonchev–Trinajstić information content (AvgIpc) is 2.73. The van der Waals surface area contributed by atoms with Crippen molar-refractivity contribution in [2.24, 2.45) is 5.92 Å². The van der Waals surface area contributed by atoms with Crippen LogP contribution < -0.4 is 5.32 Å². The van der Waals surface area contributed by atoms with Crippen LogP contribution in [0.2, 0.25) is 0 Å². The van der Waals surface area contributed by atoms with Gasteiger partial charge < -0.3 is 30.3 Å². The molecule has 4 N–H and O–H groups in total. The first kappa shape index (κ1) is 25.1. The summed E-state index contributed by atoms with van der Waals surface area (Å²) in [6.45, 7) is 3.35. The van der Waals surface area contributed by atoms with Gasteiger partial charge in [0.1, 0.15) is 23.5 Å². The molecule has 0 unspecified atom stereocenters. The molecule has 174 valence electrons. The normalized spacial score (nSPS) is 26.3. The molecule has 0 bridgehead atoms. The highest BCUT2D eigenvalue weighted by Crippen LogP contribution is 2.30. The first-order valence-corrected chi connectivity index (χ1v) is 10.3. The van der Waals surface area contributed by atoms with E-state index in [-0.39, 0.29) is 41.7 Å². The molecule has 1 amide bonds. The monoisotopic (exact) mass is 446 g/mol. The summed E-state index contributed by atoms with van der Waals surface area (Å²) in [5.74, 6) is -2.29. The third-order valence-corrected chi connectivity index (χ3v) is 5.22. The Bertz CT molecular complexity index is 923. The van der Waals surface area contributed by atoms with Crippen LogP contribution >= 0.6 is 0 Å². The zero-order chi connectivity index (χ0) is 24.0. The van der Waals surface area contributed by atoms with Crippen LogP contribution in [0.3, 0.4) is 0 Å². The Balaban J connectivity index is 2.44. The van der Waals surface area contributed by atoms with Crippen molar-refractivity contribution in [3.63, 3.8) is 0 Å². The number of carbonyl (C=O) groups excluding carboxylic acids is 3. The maximum atomic E-state index is 12.8. The first-order valence-electron chi connectivity index (χ1n) is 10.3. The van der Waals surface area contributed by atoms with Crippen LogP contribution in [0.5, 0.6) is 5.75 Å². The van der Waals surface area contributed by atoms with Gasteiger partial charge in [-0.1, -0.05) is 25.2 Å². The van der Waals surface area contributed by atoms with Gasteiger partial charge in [0.05, 0.1) is 12.6 Å². The number of nitrogens with zero attached hydrogens (tertiary/aromatic N) is 1. The number of aromatic hydroxyl groups is 1. The van der Waals surface area contributed by atoms with Crippen molar-refractivity contribution in [1.29, 1.82) is 0 Å². The minimum atomic E-state index is -1.60. The van der Waals surface area contributed by atoms with Gasteiger partial charge in [-0.25, -0.2) is 4.79 Å². The molecule has 0 fully saturated rings. The Labute approximate surface area is 187 Å². The van der Waals surface area contributed by atoms with Crippen LogP contribution in [0.25, 0.3) is 6.08 Å². The number of aliphatic hydroxyl groups is 2. The second-order valence-electron chi connectivity index (χ2n) is 7.98. The number of hydrogen-bond acceptors (Lipinski definition) is 8. The number of esters is 1. The highest BCUT2D eigenvalue weighted by molar-refractivity contribution is 5.98. The Morgan fingerprint density at radius 2 is 1.88 bits per heavy atom. The van der Waals surface area contributed by atoms with Crippen LogP contribution in [0.4, 0.5) is 5.69 Å². The van der Waals surface area contributed by atoms with Gasteiger partial charge in [0.15, 0.2) is 5.78 Å². The lowest BCUT2D eigenvalue weighted by molar-refractivity contribution is -0.128. The fourth-order valence-corrected chi connectivity index (χ4v) is 2.93. The summed E-state index contributed by atoms with van der Waals surface area (Å²) in [5, 5.41) is 33.6. The third kappa shape index (κ3) is 6.41. The van der Waals surface area contributed by atoms with E-state index in [1.54, 1.807) is 34.0 Å². The number of carbonyl (C=O) groups is 3. The molecule has 0 aromatic heterocycles. The van der Waals surface area contributed by atoms with Crippen molar-refractivity contribution in [2.45, 2.75) is 38.6 Å². The minimum Gasteiger partial charge on any atom is -0.507 e. The van der Waals surface area contributed by atoms with Gasteiger partial charge in [0.25, 0.3) is 0 Å². The SMILES string of the molecule is C[C@@H]1/C=C\C(=O)[C@@H](O)[C@@H](O)C/C=C/c2cc(NCC(=O)N(C)C)cc(O)c2C(=O)O[C@H]1C. The van der Waals surface area contributed by atoms with Crippen LogP contribution in [0.1, 0.15) is 36.2 Å². The summed E-state index contributed by atoms with van der Waals surface area (Å²) in [7, 11) is 3.23. The number of amides is 1. The Hall–Kier alpha value is -3.17. The number of likely N-dealkylation sites (N-methyl/N-ethyl adjacent to an activating group) is 1. The van der Waals surface area contributed by atoms with E-state index in [1.807, 2.05) is 0 Å². The topological polar surface area (TPSA) is 136 Å². The molecule has 9 nitrogen and oxygen atoms in total. The lowest BCUT2D eigenvalue weighted by atomic mass is 9.99. The molecule has 1 aromatic carbocycles. The lowest BCUT2D eigenvalue weighted by Gasteiger charge is -2.20. The van der Waals surface area contributed by atoms with E-state index < -0.39 is 30.1 Å². The van der Waals surface area contributed by atoms with Crippen molar-refractivity contribution < 1.29 is 34.4 Å². The average molecular weight is 447 g/mol. The fraction of sp³-hybridized carbons (Fsp3) is 0.435. The summed E-state index contributed by atoms with van der Waals surface area (Å²) in [6.07, 6.45) is 1.96. The number of aliphatic hydroxyl groups excluding tert-OH is 2. The third-order valence-electron chi connectivity index (χ3n) is 5.22. The van der Waals surface area contributed by atoms with E-state index in [1.165, 1.54) is 29.2 Å². The van der Waals surface area contributed by atoms with Crippen LogP contribution in [-0.2, 0) is 14.3 Å². The maximum absolute atomic E-state index is 12.8. The van der Waals surface area contributed by atoms with E-state index in [4.69, 9.17) is 4.74 Å². The predicted molar refractivity (Wildman–Crippen MR) is 119 cm³/mol. The minimum absolute atomic E-state index is 0.0205. The van der Waals surface area contributed by atoms with Crippen molar-refractivity contribution in [3.8, 4) is 5.75 Å². The van der Waals surface area contributed by atoms with E-state index >= 15 is 0 Å². The van der Waals surface area contributed by atoms with Crippen molar-refractivity contribution in [2.75, 3.05) is 26.0 Å². The number of ether oxygens (including phenoxy) is 1. The zero-order valence-corrected chi connectivity index (χ0v) is 18.6. The van der Waals surface area contributed by atoms with Crippen LogP contribution in [-0.4, -0.2) is 76.8 Å². The summed E-state index contributed by atoms with van der Waals surface area (Å²) >= 11 is 0. The van der Waals surface area contributed by atoms with E-state index in [2.05, 4.69) is 5.32 Å². The summed E-state index contributed by atoms with van der Waals surface area (Å²) in [4.78, 5) is 38.2. The Kier molecular flexibility index (Phi) is 8.56. The molecule has 0 aliphatic carbocycles. The van der Waals surface area contributed by atoms with Crippen LogP contribution in [0, 0.1) is 5.92 Å². The molecule has 1 aliphatic rings. The van der Waals surface area contributed by atoms with Gasteiger partial charge in [-0.05, 0) is 31.1 Å². The van der Waals surface area contributed by atoms with E-state index in [9.17, 15) is 29.7 Å². The molecule has 9 heteroatoms. The summed E-state index contributed by atoms with van der Waals surface area (Å²) in [5.41, 5.74) is 0.613. The van der Waals surface area contributed by atoms with Crippen molar-refractivity contribution in [3.05, 3.63) is 41.5 Å². The predicted octanol–water partition coefficient (Wildman–Crippen LogP) is 1.34. The molecule has 1 aliphatic heterocycles. The second-order valence-corrected chi connectivity index (χ2v) is 7.98. The number of fused-ring (bicyclic) bond motifs is 1. The fourth-order valence-electron chi connectivity index (χ4n) is 2.93. The lowest BCUT2D eigenvalue weighted by Crippen LogP contribution is -2.32. The standard InChI is InChI=1S/C23H30N2O7/c1-13-8-9-18(27)22(30)17(26)7-5-6-15-10-16(24-12-20(29)25(3)4)11-19(28)21(15)23(31)32-14(13)2/h5-6,8-11,13-14,17,22,24,26,28,30H,7,12H2,1-4H3/b6-5+,9-8-/t13-,14+,17+,22+/m1/s1. The molecule has 0 saturated carbocycles. The number of benzene rings is 1. The van der Waals surface area contributed by atoms with Gasteiger partial charge in [-0.15, -0.1) is 0 Å². The molecular weight excluding hydrogens is 416 g/mol. The molecule has 0 radical (unpaired) electrons. The number of phenols is 1. The summed E-state index contributed by atoms with van der Waals surface area (Å²) < 4.78 is 5.48. The molecule has 2 rings (SSSR count). The van der Waals surface area contributed by atoms with Gasteiger partial charge in [-0.3, -0.25) is 9.59 Å². The number of nitrogens with one attached hydrogen (secondary N) is 1. The van der Waals surface area contributed by atoms with Crippen molar-refractivity contribution >= 4 is 29.4 Å². The van der Waals surface area contributed by atoms with Gasteiger partial charge in [0.2, 0.25) is 5.91 Å². The number of ketones is 1. The second kappa shape index (κ2) is 10.9. The molecule has 4 atom stereocenters. The van der Waals surface area contributed by atoms with Gasteiger partial charge in [-0.2, -0.15) is 0 Å². The largest absolute Gasteiger partial charge is 0.507 e. The molecule has 32 heavy (non-hydrogen) atoms. The summed E-state index contributed by atoms with van der Waals surface area (Å²) in [6, 6.07) is 2.88.